The Hall–Kier alpha value is -1.86. The summed E-state index contributed by atoms with van der Waals surface area (Å²) in [7, 11) is 0. The maximum atomic E-state index is 9.20. The molecule has 0 radical (unpaired) electrons. The zero-order valence-corrected chi connectivity index (χ0v) is 11.7. The lowest BCUT2D eigenvalue weighted by atomic mass is 10.1. The lowest BCUT2D eigenvalue weighted by Crippen LogP contribution is -2.13. The van der Waals surface area contributed by atoms with Gasteiger partial charge in [-0.25, -0.2) is 10.8 Å². The van der Waals surface area contributed by atoms with Crippen LogP contribution in [0.2, 0.25) is 0 Å². The number of halogens is 1. The van der Waals surface area contributed by atoms with Gasteiger partial charge in [0, 0.05) is 12.7 Å². The fourth-order valence-electron chi connectivity index (χ4n) is 1.55. The molecule has 0 fully saturated rings. The van der Waals surface area contributed by atoms with E-state index in [1.165, 1.54) is 0 Å². The van der Waals surface area contributed by atoms with E-state index in [1.807, 2.05) is 12.1 Å². The van der Waals surface area contributed by atoms with E-state index in [-0.39, 0.29) is 5.75 Å². The molecule has 0 aliphatic heterocycles. The first kappa shape index (κ1) is 13.6. The molecule has 1 heterocycles. The van der Waals surface area contributed by atoms with E-state index in [4.69, 9.17) is 5.84 Å². The van der Waals surface area contributed by atoms with Gasteiger partial charge < -0.3 is 10.4 Å². The Labute approximate surface area is 119 Å². The minimum Gasteiger partial charge on any atom is -0.508 e. The van der Waals surface area contributed by atoms with Gasteiger partial charge in [0.15, 0.2) is 0 Å². The van der Waals surface area contributed by atoms with E-state index in [2.05, 4.69) is 36.6 Å². The largest absolute Gasteiger partial charge is 0.508 e. The zero-order chi connectivity index (χ0) is 13.7. The fraction of sp³-hybridized carbons (Fsp3) is 0.167. The van der Waals surface area contributed by atoms with Gasteiger partial charge >= 0.3 is 0 Å². The van der Waals surface area contributed by atoms with Gasteiger partial charge in [0.1, 0.15) is 11.6 Å². The van der Waals surface area contributed by atoms with Crippen molar-refractivity contribution >= 4 is 27.7 Å². The number of aromatic hydroxyl groups is 1. The summed E-state index contributed by atoms with van der Waals surface area (Å²) >= 11 is 3.37. The molecule has 2 rings (SSSR count). The summed E-state index contributed by atoms with van der Waals surface area (Å²) in [5.41, 5.74) is 3.53. The molecule has 0 unspecified atom stereocenters. The summed E-state index contributed by atoms with van der Waals surface area (Å²) in [6, 6.07) is 7.12. The third-order valence-electron chi connectivity index (χ3n) is 2.52. The summed E-state index contributed by atoms with van der Waals surface area (Å²) < 4.78 is 0.775. The molecule has 0 aliphatic rings. The highest BCUT2D eigenvalue weighted by atomic mass is 79.9. The molecule has 1 aromatic carbocycles. The molecule has 100 valence electrons. The van der Waals surface area contributed by atoms with Crippen LogP contribution in [0.1, 0.15) is 5.56 Å². The predicted molar refractivity (Wildman–Crippen MR) is 77.8 cm³/mol. The number of aromatic nitrogens is 2. The quantitative estimate of drug-likeness (QED) is 0.495. The molecule has 0 aliphatic carbocycles. The van der Waals surface area contributed by atoms with Gasteiger partial charge in [0.2, 0.25) is 5.95 Å². The van der Waals surface area contributed by atoms with Crippen molar-refractivity contribution in [1.29, 1.82) is 0 Å². The van der Waals surface area contributed by atoms with Crippen molar-refractivity contribution in [2.24, 2.45) is 5.84 Å². The van der Waals surface area contributed by atoms with Crippen LogP contribution in [0.25, 0.3) is 0 Å². The number of hydrazine groups is 1. The molecule has 0 saturated carbocycles. The Morgan fingerprint density at radius 2 is 2.00 bits per heavy atom. The molecule has 7 heteroatoms. The number of phenols is 1. The number of nitrogens with zero attached hydrogens (tertiary/aromatic N) is 2. The molecule has 0 amide bonds. The van der Waals surface area contributed by atoms with Crippen LogP contribution in [0.15, 0.2) is 34.9 Å². The first-order valence-corrected chi connectivity index (χ1v) is 6.49. The average molecular weight is 324 g/mol. The van der Waals surface area contributed by atoms with Crippen molar-refractivity contribution in [3.8, 4) is 5.75 Å². The van der Waals surface area contributed by atoms with E-state index >= 15 is 0 Å². The van der Waals surface area contributed by atoms with Crippen molar-refractivity contribution < 1.29 is 5.11 Å². The monoisotopic (exact) mass is 323 g/mol. The van der Waals surface area contributed by atoms with Gasteiger partial charge in [-0.2, -0.15) is 4.98 Å². The second kappa shape index (κ2) is 6.35. The Morgan fingerprint density at radius 1 is 1.26 bits per heavy atom. The number of nitrogens with one attached hydrogen (secondary N) is 2. The highest BCUT2D eigenvalue weighted by molar-refractivity contribution is 9.10. The van der Waals surface area contributed by atoms with Crippen LogP contribution in [0, 0.1) is 0 Å². The molecule has 5 N–H and O–H groups in total. The topological polar surface area (TPSA) is 96.1 Å². The highest BCUT2D eigenvalue weighted by Gasteiger charge is 2.03. The number of hydrogen-bond acceptors (Lipinski definition) is 6. The molecule has 0 bridgehead atoms. The summed E-state index contributed by atoms with van der Waals surface area (Å²) in [5, 5.41) is 12.4. The first-order chi connectivity index (χ1) is 9.19. The molecule has 0 spiro atoms. The molecular formula is C12H14BrN5O. The minimum absolute atomic E-state index is 0.272. The lowest BCUT2D eigenvalue weighted by Gasteiger charge is -2.08. The SMILES string of the molecule is NNc1ncc(Br)c(NCCc2ccc(O)cc2)n1. The second-order valence-corrected chi connectivity index (χ2v) is 4.73. The fourth-order valence-corrected chi connectivity index (χ4v) is 1.88. The number of nitrogens with two attached hydrogens (primary N) is 1. The van der Waals surface area contributed by atoms with E-state index < -0.39 is 0 Å². The first-order valence-electron chi connectivity index (χ1n) is 5.70. The molecule has 19 heavy (non-hydrogen) atoms. The number of benzene rings is 1. The van der Waals surface area contributed by atoms with Crippen LogP contribution in [-0.4, -0.2) is 21.6 Å². The standard InChI is InChI=1S/C12H14BrN5O/c13-10-7-16-12(18-14)17-11(10)15-6-5-8-1-3-9(19)4-2-8/h1-4,7,19H,5-6,14H2,(H2,15,16,17,18). The normalized spacial score (nSPS) is 10.2. The average Bonchev–Trinajstić information content (AvgIpc) is 2.43. The summed E-state index contributed by atoms with van der Waals surface area (Å²) in [4.78, 5) is 8.16. The third-order valence-corrected chi connectivity index (χ3v) is 3.10. The molecule has 2 aromatic rings. The second-order valence-electron chi connectivity index (χ2n) is 3.88. The van der Waals surface area contributed by atoms with Crippen molar-refractivity contribution in [1.82, 2.24) is 9.97 Å². The highest BCUT2D eigenvalue weighted by Crippen LogP contribution is 2.19. The minimum atomic E-state index is 0.272. The summed E-state index contributed by atoms with van der Waals surface area (Å²) in [5.74, 6) is 6.57. The van der Waals surface area contributed by atoms with Crippen molar-refractivity contribution in [2.75, 3.05) is 17.3 Å². The predicted octanol–water partition coefficient (Wildman–Crippen LogP) is 1.88. The van der Waals surface area contributed by atoms with Gasteiger partial charge in [-0.15, -0.1) is 0 Å². The van der Waals surface area contributed by atoms with Gasteiger partial charge in [-0.1, -0.05) is 12.1 Å². The lowest BCUT2D eigenvalue weighted by molar-refractivity contribution is 0.475. The maximum absolute atomic E-state index is 9.20. The smallest absolute Gasteiger partial charge is 0.239 e. The van der Waals surface area contributed by atoms with Crippen LogP contribution in [-0.2, 0) is 6.42 Å². The van der Waals surface area contributed by atoms with Crippen LogP contribution in [0.5, 0.6) is 5.75 Å². The van der Waals surface area contributed by atoms with E-state index in [9.17, 15) is 5.11 Å². The Bertz CT molecular complexity index is 546. The number of anilines is 2. The van der Waals surface area contributed by atoms with Gasteiger partial charge in [0.05, 0.1) is 4.47 Å². The maximum Gasteiger partial charge on any atom is 0.239 e. The number of nitrogen functional groups attached to an aromatic ring is 1. The van der Waals surface area contributed by atoms with Gasteiger partial charge in [0.25, 0.3) is 0 Å². The van der Waals surface area contributed by atoms with Crippen molar-refractivity contribution in [2.45, 2.75) is 6.42 Å². The molecule has 0 saturated heterocycles. The molecule has 1 aromatic heterocycles. The van der Waals surface area contributed by atoms with E-state index in [0.29, 0.717) is 18.3 Å². The number of hydrogen-bond donors (Lipinski definition) is 4. The van der Waals surface area contributed by atoms with Gasteiger partial charge in [-0.3, -0.25) is 5.43 Å². The van der Waals surface area contributed by atoms with Crippen LogP contribution in [0.3, 0.4) is 0 Å². The Balaban J connectivity index is 1.93. The zero-order valence-electron chi connectivity index (χ0n) is 10.1. The number of phenolic OH excluding ortho intramolecular Hbond substituents is 1. The molecule has 0 atom stereocenters. The van der Waals surface area contributed by atoms with Crippen LogP contribution < -0.4 is 16.6 Å². The van der Waals surface area contributed by atoms with E-state index in [1.54, 1.807) is 18.3 Å². The Morgan fingerprint density at radius 3 is 2.68 bits per heavy atom. The van der Waals surface area contributed by atoms with Gasteiger partial charge in [-0.05, 0) is 40.0 Å². The number of rotatable bonds is 5. The summed E-state index contributed by atoms with van der Waals surface area (Å²) in [6.07, 6.45) is 2.45. The Kier molecular flexibility index (Phi) is 4.53. The van der Waals surface area contributed by atoms with E-state index in [0.717, 1.165) is 16.5 Å². The van der Waals surface area contributed by atoms with Crippen LogP contribution in [0.4, 0.5) is 11.8 Å². The third kappa shape index (κ3) is 3.80. The van der Waals surface area contributed by atoms with Crippen LogP contribution >= 0.6 is 15.9 Å². The molecular weight excluding hydrogens is 310 g/mol. The van der Waals surface area contributed by atoms with Crippen molar-refractivity contribution in [3.63, 3.8) is 0 Å². The van der Waals surface area contributed by atoms with Crippen molar-refractivity contribution in [3.05, 3.63) is 40.5 Å². The molecule has 6 nitrogen and oxygen atoms in total. The summed E-state index contributed by atoms with van der Waals surface area (Å²) in [6.45, 7) is 0.713.